The first-order valence-corrected chi connectivity index (χ1v) is 9.17. The summed E-state index contributed by atoms with van der Waals surface area (Å²) in [6.07, 6.45) is 13.1. The van der Waals surface area contributed by atoms with Crippen molar-refractivity contribution < 1.29 is 14.7 Å². The molecule has 1 N–H and O–H groups in total. The lowest BCUT2D eigenvalue weighted by Gasteiger charge is -2.26. The molecule has 0 aliphatic heterocycles. The van der Waals surface area contributed by atoms with E-state index in [4.69, 9.17) is 0 Å². The Balaban J connectivity index is 4.16. The molecular weight excluding hydrogens is 290 g/mol. The molecule has 134 valence electrons. The van der Waals surface area contributed by atoms with E-state index < -0.39 is 12.0 Å². The predicted molar refractivity (Wildman–Crippen MR) is 95.5 cm³/mol. The van der Waals surface area contributed by atoms with Gasteiger partial charge in [-0.3, -0.25) is 4.79 Å². The highest BCUT2D eigenvalue weighted by Crippen LogP contribution is 2.12. The second kappa shape index (κ2) is 14.3. The number of carboxylic acid groups (broad SMARTS) is 1. The van der Waals surface area contributed by atoms with Crippen molar-refractivity contribution in [1.29, 1.82) is 0 Å². The van der Waals surface area contributed by atoms with Crippen molar-refractivity contribution in [3.63, 3.8) is 0 Å². The van der Waals surface area contributed by atoms with E-state index in [1.165, 1.54) is 32.1 Å². The van der Waals surface area contributed by atoms with Crippen LogP contribution in [0.5, 0.6) is 0 Å². The fourth-order valence-electron chi connectivity index (χ4n) is 2.62. The molecule has 1 atom stereocenters. The number of hydrogen-bond acceptors (Lipinski definition) is 2. The van der Waals surface area contributed by atoms with Gasteiger partial charge in [-0.05, 0) is 32.6 Å². The van der Waals surface area contributed by atoms with Gasteiger partial charge in [-0.15, -0.1) is 6.58 Å². The summed E-state index contributed by atoms with van der Waals surface area (Å²) in [4.78, 5) is 25.1. The molecule has 0 saturated carbocycles. The first-order chi connectivity index (χ1) is 11.0. The van der Waals surface area contributed by atoms with E-state index in [1.54, 1.807) is 11.8 Å². The molecule has 0 fully saturated rings. The lowest BCUT2D eigenvalue weighted by Crippen LogP contribution is -2.43. The number of amides is 1. The maximum Gasteiger partial charge on any atom is 0.326 e. The van der Waals surface area contributed by atoms with E-state index in [0.29, 0.717) is 13.0 Å². The Morgan fingerprint density at radius 2 is 1.65 bits per heavy atom. The van der Waals surface area contributed by atoms with Crippen molar-refractivity contribution >= 4 is 11.9 Å². The first kappa shape index (κ1) is 21.7. The Morgan fingerprint density at radius 3 is 2.22 bits per heavy atom. The normalized spacial score (nSPS) is 11.9. The number of carbonyl (C=O) groups is 2. The minimum absolute atomic E-state index is 0.0325. The standard InChI is InChI=1S/C19H35NO3/c1-4-6-8-10-11-12-14-16-20(17(3)19(22)23)18(21)15-13-9-7-5-2/h5,17H,2,4,6-16H2,1,3H3,(H,22,23)/t17-/m0/s1. The van der Waals surface area contributed by atoms with Crippen LogP contribution >= 0.6 is 0 Å². The van der Waals surface area contributed by atoms with E-state index in [0.717, 1.165) is 32.1 Å². The van der Waals surface area contributed by atoms with Crippen LogP contribution in [0, 0.1) is 0 Å². The summed E-state index contributed by atoms with van der Waals surface area (Å²) < 4.78 is 0. The topological polar surface area (TPSA) is 57.6 Å². The molecule has 0 aromatic carbocycles. The highest BCUT2D eigenvalue weighted by atomic mass is 16.4. The van der Waals surface area contributed by atoms with Gasteiger partial charge in [0, 0.05) is 13.0 Å². The van der Waals surface area contributed by atoms with Gasteiger partial charge < -0.3 is 10.0 Å². The zero-order chi connectivity index (χ0) is 17.5. The Kier molecular flexibility index (Phi) is 13.5. The molecule has 0 aliphatic carbocycles. The van der Waals surface area contributed by atoms with Gasteiger partial charge in [0.05, 0.1) is 0 Å². The van der Waals surface area contributed by atoms with E-state index in [2.05, 4.69) is 13.5 Å². The largest absolute Gasteiger partial charge is 0.480 e. The van der Waals surface area contributed by atoms with Crippen LogP contribution < -0.4 is 0 Å². The number of unbranched alkanes of at least 4 members (excludes halogenated alkanes) is 8. The third kappa shape index (κ3) is 10.9. The summed E-state index contributed by atoms with van der Waals surface area (Å²) in [7, 11) is 0. The van der Waals surface area contributed by atoms with Crippen LogP contribution in [0.3, 0.4) is 0 Å². The van der Waals surface area contributed by atoms with Crippen LogP contribution in [0.2, 0.25) is 0 Å². The Labute approximate surface area is 141 Å². The zero-order valence-electron chi connectivity index (χ0n) is 15.1. The molecule has 0 bridgehead atoms. The molecule has 0 heterocycles. The quantitative estimate of drug-likeness (QED) is 0.348. The smallest absolute Gasteiger partial charge is 0.326 e. The number of hydrogen-bond donors (Lipinski definition) is 1. The molecule has 23 heavy (non-hydrogen) atoms. The van der Waals surface area contributed by atoms with E-state index in [-0.39, 0.29) is 5.91 Å². The number of rotatable bonds is 15. The lowest BCUT2D eigenvalue weighted by atomic mass is 10.1. The predicted octanol–water partition coefficient (Wildman–Crippen LogP) is 4.79. The van der Waals surface area contributed by atoms with Gasteiger partial charge in [-0.2, -0.15) is 0 Å². The van der Waals surface area contributed by atoms with E-state index >= 15 is 0 Å². The summed E-state index contributed by atoms with van der Waals surface area (Å²) in [5, 5.41) is 9.20. The molecule has 0 radical (unpaired) electrons. The van der Waals surface area contributed by atoms with E-state index in [1.807, 2.05) is 6.08 Å². The molecule has 0 spiro atoms. The van der Waals surface area contributed by atoms with Gasteiger partial charge in [0.15, 0.2) is 0 Å². The highest BCUT2D eigenvalue weighted by Gasteiger charge is 2.24. The summed E-state index contributed by atoms with van der Waals surface area (Å²) in [6, 6.07) is -0.734. The Morgan fingerprint density at radius 1 is 1.04 bits per heavy atom. The van der Waals surface area contributed by atoms with Gasteiger partial charge >= 0.3 is 5.97 Å². The van der Waals surface area contributed by atoms with Crippen molar-refractivity contribution in [3.05, 3.63) is 12.7 Å². The molecule has 0 unspecified atom stereocenters. The average Bonchev–Trinajstić information content (AvgIpc) is 2.53. The SMILES string of the molecule is C=CCCCCC(=O)N(CCCCCCCCC)[C@@H](C)C(=O)O. The second-order valence-corrected chi connectivity index (χ2v) is 6.26. The molecule has 4 heteroatoms. The number of aliphatic carboxylic acids is 1. The lowest BCUT2D eigenvalue weighted by molar-refractivity contribution is -0.149. The maximum atomic E-state index is 12.3. The molecule has 0 aliphatic rings. The highest BCUT2D eigenvalue weighted by molar-refractivity contribution is 5.83. The fourth-order valence-corrected chi connectivity index (χ4v) is 2.62. The Bertz CT molecular complexity index is 342. The summed E-state index contributed by atoms with van der Waals surface area (Å²) >= 11 is 0. The third-order valence-corrected chi connectivity index (χ3v) is 4.20. The van der Waals surface area contributed by atoms with Crippen LogP contribution in [0.4, 0.5) is 0 Å². The molecule has 0 aromatic rings. The van der Waals surface area contributed by atoms with E-state index in [9.17, 15) is 14.7 Å². The third-order valence-electron chi connectivity index (χ3n) is 4.20. The number of nitrogens with zero attached hydrogens (tertiary/aromatic N) is 1. The van der Waals surface area contributed by atoms with Crippen LogP contribution in [0.15, 0.2) is 12.7 Å². The first-order valence-electron chi connectivity index (χ1n) is 9.17. The van der Waals surface area contributed by atoms with Crippen molar-refractivity contribution in [2.45, 2.75) is 90.5 Å². The van der Waals surface area contributed by atoms with Crippen LogP contribution in [0.25, 0.3) is 0 Å². The molecule has 0 aromatic heterocycles. The Hall–Kier alpha value is -1.32. The van der Waals surface area contributed by atoms with Crippen molar-refractivity contribution in [3.8, 4) is 0 Å². The number of carbonyl (C=O) groups excluding carboxylic acids is 1. The minimum atomic E-state index is -0.924. The fraction of sp³-hybridized carbons (Fsp3) is 0.789. The van der Waals surface area contributed by atoms with Gasteiger partial charge in [-0.1, -0.05) is 51.5 Å². The van der Waals surface area contributed by atoms with Gasteiger partial charge in [-0.25, -0.2) is 4.79 Å². The number of carboxylic acids is 1. The summed E-state index contributed by atoms with van der Waals surface area (Å²) in [5.41, 5.74) is 0. The van der Waals surface area contributed by atoms with Gasteiger partial charge in [0.1, 0.15) is 6.04 Å². The van der Waals surface area contributed by atoms with Crippen molar-refractivity contribution in [1.82, 2.24) is 4.90 Å². The van der Waals surface area contributed by atoms with Gasteiger partial charge in [0.25, 0.3) is 0 Å². The number of allylic oxidation sites excluding steroid dienone is 1. The van der Waals surface area contributed by atoms with Crippen LogP contribution in [0.1, 0.15) is 84.5 Å². The molecular formula is C19H35NO3. The second-order valence-electron chi connectivity index (χ2n) is 6.26. The average molecular weight is 325 g/mol. The molecule has 0 saturated heterocycles. The van der Waals surface area contributed by atoms with Crippen molar-refractivity contribution in [2.24, 2.45) is 0 Å². The van der Waals surface area contributed by atoms with Crippen LogP contribution in [-0.2, 0) is 9.59 Å². The molecule has 0 rings (SSSR count). The molecule has 1 amide bonds. The van der Waals surface area contributed by atoms with Crippen molar-refractivity contribution in [2.75, 3.05) is 6.54 Å². The summed E-state index contributed by atoms with van der Waals surface area (Å²) in [6.45, 7) is 8.03. The zero-order valence-corrected chi connectivity index (χ0v) is 15.1. The summed E-state index contributed by atoms with van der Waals surface area (Å²) in [5.74, 6) is -0.956. The minimum Gasteiger partial charge on any atom is -0.480 e. The van der Waals surface area contributed by atoms with Gasteiger partial charge in [0.2, 0.25) is 5.91 Å². The maximum absolute atomic E-state index is 12.3. The molecule has 4 nitrogen and oxygen atoms in total. The monoisotopic (exact) mass is 325 g/mol. The van der Waals surface area contributed by atoms with Crippen LogP contribution in [-0.4, -0.2) is 34.5 Å².